The van der Waals surface area contributed by atoms with Gasteiger partial charge in [-0.15, -0.1) is 0 Å². The van der Waals surface area contributed by atoms with Gasteiger partial charge in [-0.25, -0.2) is 0 Å². The molecule has 0 bridgehead atoms. The van der Waals surface area contributed by atoms with E-state index in [9.17, 15) is 5.11 Å². The fourth-order valence-electron chi connectivity index (χ4n) is 3.66. The van der Waals surface area contributed by atoms with Crippen LogP contribution >= 0.6 is 0 Å². The fourth-order valence-corrected chi connectivity index (χ4v) is 3.66. The molecule has 2 unspecified atom stereocenters. The van der Waals surface area contributed by atoms with Crippen molar-refractivity contribution < 1.29 is 5.11 Å². The zero-order valence-electron chi connectivity index (χ0n) is 14.4. The van der Waals surface area contributed by atoms with E-state index in [1.54, 1.807) is 0 Å². The van der Waals surface area contributed by atoms with Gasteiger partial charge in [0.15, 0.2) is 0 Å². The summed E-state index contributed by atoms with van der Waals surface area (Å²) in [7, 11) is 0. The van der Waals surface area contributed by atoms with Crippen molar-refractivity contribution in [2.75, 3.05) is 19.7 Å². The number of likely N-dealkylation sites (tertiary alicyclic amines) is 1. The van der Waals surface area contributed by atoms with Crippen LogP contribution < -0.4 is 5.32 Å². The number of hydrogen-bond acceptors (Lipinski definition) is 3. The van der Waals surface area contributed by atoms with Gasteiger partial charge in [-0.3, -0.25) is 4.90 Å². The molecule has 24 heavy (non-hydrogen) atoms. The normalized spacial score (nSPS) is 20.8. The fraction of sp³-hybridized carbons (Fsp3) is 0.429. The highest BCUT2D eigenvalue weighted by molar-refractivity contribution is 5.20. The van der Waals surface area contributed by atoms with Crippen molar-refractivity contribution in [1.29, 1.82) is 0 Å². The van der Waals surface area contributed by atoms with Crippen molar-refractivity contribution in [3.8, 4) is 0 Å². The van der Waals surface area contributed by atoms with Crippen molar-refractivity contribution in [1.82, 2.24) is 10.2 Å². The third kappa shape index (κ3) is 4.23. The van der Waals surface area contributed by atoms with Crippen molar-refractivity contribution in [2.24, 2.45) is 0 Å². The number of nitrogens with one attached hydrogen (secondary N) is 1. The molecule has 0 aromatic heterocycles. The van der Waals surface area contributed by atoms with Crippen LogP contribution in [0.15, 0.2) is 60.7 Å². The van der Waals surface area contributed by atoms with Crippen LogP contribution in [0.1, 0.15) is 43.0 Å². The molecule has 1 aliphatic rings. The molecule has 0 amide bonds. The van der Waals surface area contributed by atoms with E-state index in [1.807, 2.05) is 6.07 Å². The molecule has 1 heterocycles. The van der Waals surface area contributed by atoms with Crippen molar-refractivity contribution in [3.63, 3.8) is 0 Å². The number of rotatable bonds is 7. The second kappa shape index (κ2) is 8.43. The molecule has 3 heteroatoms. The van der Waals surface area contributed by atoms with Gasteiger partial charge in [0.2, 0.25) is 0 Å². The van der Waals surface area contributed by atoms with E-state index in [1.165, 1.54) is 11.1 Å². The van der Waals surface area contributed by atoms with Crippen molar-refractivity contribution in [3.05, 3.63) is 71.8 Å². The monoisotopic (exact) mass is 324 g/mol. The SMILES string of the molecule is CC(c1ccccc1)N1CCC(N[C@H](CCO)c2ccccc2)C1. The van der Waals surface area contributed by atoms with Crippen LogP contribution in [0.25, 0.3) is 0 Å². The van der Waals surface area contributed by atoms with Gasteiger partial charge in [0.05, 0.1) is 0 Å². The largest absolute Gasteiger partial charge is 0.396 e. The molecule has 1 fully saturated rings. The van der Waals surface area contributed by atoms with E-state index in [-0.39, 0.29) is 12.6 Å². The Hall–Kier alpha value is -1.68. The van der Waals surface area contributed by atoms with E-state index in [4.69, 9.17) is 0 Å². The van der Waals surface area contributed by atoms with Gasteiger partial charge in [0, 0.05) is 37.8 Å². The third-order valence-electron chi connectivity index (χ3n) is 5.11. The summed E-state index contributed by atoms with van der Waals surface area (Å²) in [5.74, 6) is 0. The first-order valence-electron chi connectivity index (χ1n) is 8.99. The number of hydrogen-bond donors (Lipinski definition) is 2. The molecule has 3 atom stereocenters. The van der Waals surface area contributed by atoms with E-state index in [0.29, 0.717) is 12.1 Å². The minimum Gasteiger partial charge on any atom is -0.396 e. The molecule has 1 aliphatic heterocycles. The van der Waals surface area contributed by atoms with E-state index in [0.717, 1.165) is 25.9 Å². The lowest BCUT2D eigenvalue weighted by Crippen LogP contribution is -2.36. The van der Waals surface area contributed by atoms with Crippen LogP contribution in [-0.4, -0.2) is 35.7 Å². The molecular formula is C21H28N2O. The molecule has 2 N–H and O–H groups in total. The highest BCUT2D eigenvalue weighted by Gasteiger charge is 2.28. The first-order chi connectivity index (χ1) is 11.8. The average Bonchev–Trinajstić information content (AvgIpc) is 3.11. The van der Waals surface area contributed by atoms with Gasteiger partial charge in [-0.2, -0.15) is 0 Å². The minimum atomic E-state index is 0.212. The van der Waals surface area contributed by atoms with Gasteiger partial charge >= 0.3 is 0 Å². The standard InChI is InChI=1S/C21H28N2O/c1-17(18-8-4-2-5-9-18)23-14-12-20(16-23)22-21(13-15-24)19-10-6-3-7-11-19/h2-11,17,20-22,24H,12-16H2,1H3/t17?,20?,21-/m1/s1. The van der Waals surface area contributed by atoms with Crippen LogP contribution in [0.4, 0.5) is 0 Å². The van der Waals surface area contributed by atoms with E-state index >= 15 is 0 Å². The molecule has 0 spiro atoms. The Labute approximate surface area is 145 Å². The van der Waals surface area contributed by atoms with E-state index in [2.05, 4.69) is 71.7 Å². The molecular weight excluding hydrogens is 296 g/mol. The van der Waals surface area contributed by atoms with Gasteiger partial charge in [0.1, 0.15) is 0 Å². The predicted molar refractivity (Wildman–Crippen MR) is 98.9 cm³/mol. The Balaban J connectivity index is 1.60. The first kappa shape index (κ1) is 17.2. The number of nitrogens with zero attached hydrogens (tertiary/aromatic N) is 1. The summed E-state index contributed by atoms with van der Waals surface area (Å²) in [6.45, 7) is 4.68. The van der Waals surface area contributed by atoms with E-state index < -0.39 is 0 Å². The summed E-state index contributed by atoms with van der Waals surface area (Å²) in [6.07, 6.45) is 1.92. The number of aliphatic hydroxyl groups excluding tert-OH is 1. The predicted octanol–water partition coefficient (Wildman–Crippen LogP) is 3.54. The number of aliphatic hydroxyl groups is 1. The Kier molecular flexibility index (Phi) is 6.02. The molecule has 0 radical (unpaired) electrons. The summed E-state index contributed by atoms with van der Waals surface area (Å²) >= 11 is 0. The lowest BCUT2D eigenvalue weighted by molar-refractivity contribution is 0.241. The van der Waals surface area contributed by atoms with Gasteiger partial charge in [0.25, 0.3) is 0 Å². The first-order valence-corrected chi connectivity index (χ1v) is 8.99. The molecule has 2 aromatic rings. The molecule has 0 aliphatic carbocycles. The molecule has 3 nitrogen and oxygen atoms in total. The Bertz CT molecular complexity index is 602. The molecule has 0 saturated carbocycles. The maximum absolute atomic E-state index is 9.41. The highest BCUT2D eigenvalue weighted by atomic mass is 16.3. The summed E-state index contributed by atoms with van der Waals surface area (Å²) in [6, 6.07) is 22.4. The number of benzene rings is 2. The second-order valence-electron chi connectivity index (χ2n) is 6.71. The molecule has 3 rings (SSSR count). The quantitative estimate of drug-likeness (QED) is 0.818. The highest BCUT2D eigenvalue weighted by Crippen LogP contribution is 2.26. The lowest BCUT2D eigenvalue weighted by atomic mass is 10.0. The molecule has 1 saturated heterocycles. The molecule has 128 valence electrons. The van der Waals surface area contributed by atoms with Crippen molar-refractivity contribution in [2.45, 2.75) is 37.9 Å². The van der Waals surface area contributed by atoms with Gasteiger partial charge in [-0.1, -0.05) is 60.7 Å². The maximum atomic E-state index is 9.41. The van der Waals surface area contributed by atoms with Gasteiger partial charge in [-0.05, 0) is 30.9 Å². The van der Waals surface area contributed by atoms with Crippen LogP contribution in [0.2, 0.25) is 0 Å². The van der Waals surface area contributed by atoms with Crippen LogP contribution in [0, 0.1) is 0 Å². The average molecular weight is 324 g/mol. The van der Waals surface area contributed by atoms with Crippen LogP contribution in [0.3, 0.4) is 0 Å². The summed E-state index contributed by atoms with van der Waals surface area (Å²) in [5, 5.41) is 13.2. The van der Waals surface area contributed by atoms with Gasteiger partial charge < -0.3 is 10.4 Å². The second-order valence-corrected chi connectivity index (χ2v) is 6.71. The lowest BCUT2D eigenvalue weighted by Gasteiger charge is -2.26. The zero-order chi connectivity index (χ0) is 16.8. The Morgan fingerprint density at radius 3 is 2.29 bits per heavy atom. The Morgan fingerprint density at radius 1 is 1.04 bits per heavy atom. The summed E-state index contributed by atoms with van der Waals surface area (Å²) in [5.41, 5.74) is 2.65. The minimum absolute atomic E-state index is 0.212. The zero-order valence-corrected chi connectivity index (χ0v) is 14.4. The van der Waals surface area contributed by atoms with Crippen LogP contribution in [-0.2, 0) is 0 Å². The topological polar surface area (TPSA) is 35.5 Å². The maximum Gasteiger partial charge on any atom is 0.0449 e. The summed E-state index contributed by atoms with van der Waals surface area (Å²) in [4.78, 5) is 2.55. The summed E-state index contributed by atoms with van der Waals surface area (Å²) < 4.78 is 0. The molecule has 2 aromatic carbocycles. The Morgan fingerprint density at radius 2 is 1.67 bits per heavy atom. The third-order valence-corrected chi connectivity index (χ3v) is 5.11. The van der Waals surface area contributed by atoms with Crippen LogP contribution in [0.5, 0.6) is 0 Å². The van der Waals surface area contributed by atoms with Crippen molar-refractivity contribution >= 4 is 0 Å². The smallest absolute Gasteiger partial charge is 0.0449 e.